The average Bonchev–Trinajstić information content (AvgIpc) is 3.77. The van der Waals surface area contributed by atoms with E-state index in [0.29, 0.717) is 0 Å². The molecule has 0 aromatic rings. The van der Waals surface area contributed by atoms with Gasteiger partial charge in [0, 0.05) is 42.1 Å². The second-order valence-electron chi connectivity index (χ2n) is 8.93. The fourth-order valence-electron chi connectivity index (χ4n) is 3.75. The maximum Gasteiger partial charge on any atom is 0 e. The van der Waals surface area contributed by atoms with Crippen LogP contribution in [-0.2, 0) is 42.1 Å². The van der Waals surface area contributed by atoms with Gasteiger partial charge in [0.15, 0.2) is 0 Å². The van der Waals surface area contributed by atoms with E-state index in [0.717, 1.165) is 23.7 Å². The summed E-state index contributed by atoms with van der Waals surface area (Å²) >= 11 is 0. The smallest absolute Gasteiger partial charge is 0 e. The van der Waals surface area contributed by atoms with Crippen molar-refractivity contribution in [1.82, 2.24) is 0 Å². The summed E-state index contributed by atoms with van der Waals surface area (Å²) in [5.74, 6) is 4.05. The van der Waals surface area contributed by atoms with Gasteiger partial charge >= 0.3 is 0 Å². The summed E-state index contributed by atoms with van der Waals surface area (Å²) in [5, 5.41) is 0. The van der Waals surface area contributed by atoms with Crippen LogP contribution < -0.4 is 0 Å². The van der Waals surface area contributed by atoms with Crippen LogP contribution in [0.1, 0.15) is 289 Å². The van der Waals surface area contributed by atoms with E-state index in [2.05, 4.69) is 40.5 Å². The van der Waals surface area contributed by atoms with Crippen LogP contribution >= 0.6 is 0 Å². The van der Waals surface area contributed by atoms with Crippen LogP contribution in [0.2, 0.25) is 0 Å². The first kappa shape index (κ1) is 124. The minimum atomic E-state index is 0. The molecular formula is C52H132Pt2-6. The molecule has 4 atom stereocenters. The molecular weight excluding hydrogens is 1010 g/mol. The van der Waals surface area contributed by atoms with E-state index in [4.69, 9.17) is 0 Å². The molecule has 2 rings (SSSR count). The Bertz CT molecular complexity index is 227. The van der Waals surface area contributed by atoms with Crippen molar-refractivity contribution in [2.24, 2.45) is 23.7 Å². The molecule has 54 heavy (non-hydrogen) atoms. The topological polar surface area (TPSA) is 0 Å². The van der Waals surface area contributed by atoms with E-state index in [9.17, 15) is 0 Å². The first-order valence-electron chi connectivity index (χ1n) is 21.9. The van der Waals surface area contributed by atoms with Crippen LogP contribution in [0.15, 0.2) is 0 Å². The summed E-state index contributed by atoms with van der Waals surface area (Å²) in [5.41, 5.74) is 0. The summed E-state index contributed by atoms with van der Waals surface area (Å²) in [7, 11) is 0. The molecule has 2 saturated carbocycles. The Balaban J connectivity index is -0.0000000150. The van der Waals surface area contributed by atoms with Crippen LogP contribution in [0.25, 0.3) is 0 Å². The van der Waals surface area contributed by atoms with Crippen LogP contribution in [0.4, 0.5) is 0 Å². The summed E-state index contributed by atoms with van der Waals surface area (Å²) in [4.78, 5) is 0. The van der Waals surface area contributed by atoms with Crippen LogP contribution in [0.3, 0.4) is 0 Å². The molecule has 0 radical (unpaired) electrons. The van der Waals surface area contributed by atoms with E-state index in [1.165, 1.54) is 51.4 Å². The molecule has 0 N–H and O–H groups in total. The van der Waals surface area contributed by atoms with Crippen LogP contribution in [-0.4, -0.2) is 0 Å². The molecule has 0 spiro atoms. The number of rotatable bonds is 4. The minimum Gasteiger partial charge on any atom is -0.335 e. The summed E-state index contributed by atoms with van der Waals surface area (Å²) in [6, 6.07) is 0. The van der Waals surface area contributed by atoms with Gasteiger partial charge in [-0.2, -0.15) is 82.1 Å². The van der Waals surface area contributed by atoms with E-state index < -0.39 is 0 Å². The predicted molar refractivity (Wildman–Crippen MR) is 274 cm³/mol. The Kier molecular flexibility index (Phi) is 474. The van der Waals surface area contributed by atoms with Crippen molar-refractivity contribution in [1.29, 1.82) is 0 Å². The third kappa shape index (κ3) is 195. The maximum atomic E-state index is 2.39. The minimum absolute atomic E-state index is 0. The molecule has 0 aromatic carbocycles. The van der Waals surface area contributed by atoms with Gasteiger partial charge < -0.3 is 38.5 Å². The van der Waals surface area contributed by atoms with E-state index in [1.807, 2.05) is 206 Å². The Morgan fingerprint density at radius 3 is 0.519 bits per heavy atom. The molecule has 0 amide bonds. The molecule has 366 valence electrons. The van der Waals surface area contributed by atoms with Crippen molar-refractivity contribution in [2.45, 2.75) is 289 Å². The van der Waals surface area contributed by atoms with Crippen LogP contribution in [0, 0.1) is 62.2 Å². The summed E-state index contributed by atoms with van der Waals surface area (Å²) in [6.07, 6.45) is 24.2. The third-order valence-corrected chi connectivity index (χ3v) is 5.16. The van der Waals surface area contributed by atoms with Gasteiger partial charge in [-0.25, -0.2) is 0 Å². The zero-order valence-electron chi connectivity index (χ0n) is 42.1. The zero-order chi connectivity index (χ0) is 42.2. The summed E-state index contributed by atoms with van der Waals surface area (Å²) < 4.78 is 0. The molecule has 2 fully saturated rings. The molecule has 0 aromatic heterocycles. The van der Waals surface area contributed by atoms with Gasteiger partial charge in [-0.05, 0) is 11.8 Å². The average molecular weight is 1150 g/mol. The second-order valence-corrected chi connectivity index (χ2v) is 8.93. The van der Waals surface area contributed by atoms with Gasteiger partial charge in [-0.1, -0.05) is 219 Å². The molecule has 0 heterocycles. The first-order valence-corrected chi connectivity index (χ1v) is 21.9. The largest absolute Gasteiger partial charge is 0.335 e. The molecule has 4 unspecified atom stereocenters. The normalized spacial score (nSPS) is 14.1. The van der Waals surface area contributed by atoms with Crippen molar-refractivity contribution in [3.63, 3.8) is 0 Å². The number of hydrogen-bond acceptors (Lipinski definition) is 0. The molecule has 2 aliphatic rings. The molecule has 2 aliphatic carbocycles. The van der Waals surface area contributed by atoms with Gasteiger partial charge in [0.2, 0.25) is 0 Å². The molecule has 0 aliphatic heterocycles. The Morgan fingerprint density at radius 1 is 0.315 bits per heavy atom. The van der Waals surface area contributed by atoms with Crippen molar-refractivity contribution in [2.75, 3.05) is 0 Å². The van der Waals surface area contributed by atoms with E-state index in [-0.39, 0.29) is 71.8 Å². The van der Waals surface area contributed by atoms with Gasteiger partial charge in [-0.3, -0.25) is 0 Å². The molecule has 0 nitrogen and oxygen atoms in total. The molecule has 2 heteroatoms. The Hall–Kier alpha value is 1.38. The van der Waals surface area contributed by atoms with Gasteiger partial charge in [0.05, 0.1) is 0 Å². The molecule has 0 saturated heterocycles. The van der Waals surface area contributed by atoms with Crippen LogP contribution in [0.5, 0.6) is 0 Å². The SMILES string of the molecule is C.C.C.C.CC.CC.CC.CC.CC.CC.CC.CC.CC.C[CH-]C.C[CH-]C.C[CH-]C.C[CH-]C.C[CH-]CC1CCCC1C.C[CH-]CC1CCCC1C.[Pt].[Pt]. The van der Waals surface area contributed by atoms with Gasteiger partial charge in [0.1, 0.15) is 0 Å². The molecule has 0 bridgehead atoms. The maximum absolute atomic E-state index is 2.39. The van der Waals surface area contributed by atoms with Gasteiger partial charge in [-0.15, -0.1) is 0 Å². The van der Waals surface area contributed by atoms with Crippen molar-refractivity contribution < 1.29 is 42.1 Å². The fourth-order valence-corrected chi connectivity index (χ4v) is 3.75. The van der Waals surface area contributed by atoms with Crippen molar-refractivity contribution >= 4 is 0 Å². The van der Waals surface area contributed by atoms with E-state index in [1.54, 1.807) is 0 Å². The Morgan fingerprint density at radius 2 is 0.444 bits per heavy atom. The standard InChI is InChI=1S/2C9H17.4C3H7.9C2H6.4CH4.2Pt/c2*1-3-5-9-7-4-6-8(9)2;4*1-3-2;9*1-2;;;;;;/h2*3,8-9H,4-7H2,1-2H3;4*3H,1-2H3;9*1-2H3;4*1H4;;/q6*-1;;;;;;;;;;;;;;;. The fraction of sp³-hybridized carbons (Fsp3) is 0.885. The second kappa shape index (κ2) is 207. The Labute approximate surface area is 390 Å². The predicted octanol–water partition coefficient (Wildman–Crippen LogP) is 22.8. The monoisotopic (exact) mass is 1150 g/mol. The third-order valence-electron chi connectivity index (χ3n) is 5.16. The zero-order valence-corrected chi connectivity index (χ0v) is 46.6. The summed E-state index contributed by atoms with van der Waals surface area (Å²) in [6.45, 7) is 61.1. The van der Waals surface area contributed by atoms with E-state index >= 15 is 0 Å². The van der Waals surface area contributed by atoms with Gasteiger partial charge in [0.25, 0.3) is 0 Å². The van der Waals surface area contributed by atoms with Crippen molar-refractivity contribution in [3.8, 4) is 0 Å². The first-order chi connectivity index (χ1) is 23.3. The quantitative estimate of drug-likeness (QED) is 0.246. The number of hydrogen-bond donors (Lipinski definition) is 0. The van der Waals surface area contributed by atoms with Crippen molar-refractivity contribution in [3.05, 3.63) is 38.5 Å².